The van der Waals surface area contributed by atoms with Crippen molar-refractivity contribution in [2.45, 2.75) is 25.7 Å². The summed E-state index contributed by atoms with van der Waals surface area (Å²) in [5.74, 6) is -1.41. The predicted octanol–water partition coefficient (Wildman–Crippen LogP) is 3.59. The Balaban J connectivity index is 1.02. The SMILES string of the molecule is COc1ccc(/N=c2\oc3ccc(Cl)cc3cc2C(=S)NC(=O)CCOCCOCCOCCOCCOCCC(=O)ON2C(=O)CCC2=O)cc1. The van der Waals surface area contributed by atoms with Gasteiger partial charge in [0.05, 0.1) is 97.3 Å². The molecule has 0 unspecified atom stereocenters. The number of imide groups is 1. The Morgan fingerprint density at radius 3 is 1.94 bits per heavy atom. The molecule has 0 spiro atoms. The summed E-state index contributed by atoms with van der Waals surface area (Å²) in [5, 5.41) is 4.46. The topological polar surface area (TPSA) is 174 Å². The number of hydrogen-bond acceptors (Lipinski definition) is 14. The van der Waals surface area contributed by atoms with E-state index in [4.69, 9.17) is 61.5 Å². The summed E-state index contributed by atoms with van der Waals surface area (Å²) in [4.78, 5) is 56.7. The van der Waals surface area contributed by atoms with Crippen LogP contribution in [0.2, 0.25) is 5.02 Å². The highest BCUT2D eigenvalue weighted by Gasteiger charge is 2.32. The first kappa shape index (κ1) is 40.5. The van der Waals surface area contributed by atoms with Crippen LogP contribution in [0.3, 0.4) is 0 Å². The van der Waals surface area contributed by atoms with Crippen LogP contribution in [-0.4, -0.2) is 107 Å². The second-order valence-corrected chi connectivity index (χ2v) is 11.8. The molecule has 2 heterocycles. The molecule has 3 amide bonds. The van der Waals surface area contributed by atoms with Crippen molar-refractivity contribution in [2.75, 3.05) is 73.2 Å². The van der Waals surface area contributed by atoms with Gasteiger partial charge in [-0.15, -0.1) is 5.06 Å². The van der Waals surface area contributed by atoms with Gasteiger partial charge in [-0.25, -0.2) is 9.79 Å². The third kappa shape index (κ3) is 13.7. The molecule has 0 saturated carbocycles. The highest BCUT2D eigenvalue weighted by molar-refractivity contribution is 7.80. The lowest BCUT2D eigenvalue weighted by Crippen LogP contribution is -2.33. The summed E-state index contributed by atoms with van der Waals surface area (Å²) in [7, 11) is 1.58. The van der Waals surface area contributed by atoms with Crippen LogP contribution >= 0.6 is 23.8 Å². The molecule has 1 saturated heterocycles. The van der Waals surface area contributed by atoms with Crippen molar-refractivity contribution in [2.24, 2.45) is 4.99 Å². The third-order valence-electron chi connectivity index (χ3n) is 7.12. The Bertz CT molecular complexity index is 1740. The maximum Gasteiger partial charge on any atom is 0.335 e. The fraction of sp³-hybridized carbons (Fsp3) is 0.429. The second-order valence-electron chi connectivity index (χ2n) is 10.9. The molecule has 4 rings (SSSR count). The van der Waals surface area contributed by atoms with Crippen LogP contribution < -0.4 is 15.6 Å². The maximum atomic E-state index is 12.7. The zero-order chi connectivity index (χ0) is 37.1. The number of carbonyl (C=O) groups excluding carboxylic acids is 4. The number of thiocarbonyl (C=S) groups is 1. The molecule has 1 aliphatic rings. The molecule has 15 nitrogen and oxygen atoms in total. The number of methoxy groups -OCH3 is 1. The average Bonchev–Trinajstić information content (AvgIpc) is 3.45. The first-order chi connectivity index (χ1) is 25.2. The van der Waals surface area contributed by atoms with Crippen molar-refractivity contribution in [3.8, 4) is 5.75 Å². The van der Waals surface area contributed by atoms with Gasteiger partial charge >= 0.3 is 5.97 Å². The zero-order valence-corrected chi connectivity index (χ0v) is 30.2. The van der Waals surface area contributed by atoms with Crippen molar-refractivity contribution in [1.29, 1.82) is 0 Å². The van der Waals surface area contributed by atoms with Gasteiger partial charge in [0.2, 0.25) is 11.5 Å². The number of nitrogens with one attached hydrogen (secondary N) is 1. The van der Waals surface area contributed by atoms with Gasteiger partial charge in [0.25, 0.3) is 11.8 Å². The van der Waals surface area contributed by atoms with E-state index in [1.54, 1.807) is 55.6 Å². The number of fused-ring (bicyclic) bond motifs is 1. The van der Waals surface area contributed by atoms with E-state index in [0.29, 0.717) is 84.3 Å². The van der Waals surface area contributed by atoms with E-state index < -0.39 is 17.8 Å². The minimum Gasteiger partial charge on any atom is -0.497 e. The molecular weight excluding hydrogens is 722 g/mol. The number of halogens is 1. The minimum absolute atomic E-state index is 0.0446. The van der Waals surface area contributed by atoms with Crippen LogP contribution in [-0.2, 0) is 47.7 Å². The molecule has 1 N–H and O–H groups in total. The van der Waals surface area contributed by atoms with E-state index in [2.05, 4.69) is 10.3 Å². The number of rotatable bonds is 22. The quantitative estimate of drug-likeness (QED) is 0.0895. The molecule has 3 aromatic rings. The van der Waals surface area contributed by atoms with E-state index in [9.17, 15) is 19.2 Å². The average molecular weight is 762 g/mol. The molecule has 52 heavy (non-hydrogen) atoms. The largest absolute Gasteiger partial charge is 0.497 e. The molecule has 0 radical (unpaired) electrons. The summed E-state index contributed by atoms with van der Waals surface area (Å²) in [6.07, 6.45) is 0.0675. The lowest BCUT2D eigenvalue weighted by Gasteiger charge is -2.12. The van der Waals surface area contributed by atoms with Crippen LogP contribution in [0.1, 0.15) is 31.2 Å². The van der Waals surface area contributed by atoms with Crippen LogP contribution in [0.4, 0.5) is 5.69 Å². The van der Waals surface area contributed by atoms with Gasteiger partial charge in [0.15, 0.2) is 0 Å². The molecule has 1 aromatic heterocycles. The lowest BCUT2D eigenvalue weighted by molar-refractivity contribution is -0.198. The van der Waals surface area contributed by atoms with Crippen LogP contribution in [0.25, 0.3) is 11.0 Å². The Kier molecular flexibility index (Phi) is 17.1. The number of nitrogens with zero attached hydrogens (tertiary/aromatic N) is 2. The molecule has 1 fully saturated rings. The van der Waals surface area contributed by atoms with E-state index >= 15 is 0 Å². The normalized spacial score (nSPS) is 13.2. The summed E-state index contributed by atoms with van der Waals surface area (Å²) < 4.78 is 38.4. The monoisotopic (exact) mass is 761 g/mol. The number of ether oxygens (including phenoxy) is 6. The summed E-state index contributed by atoms with van der Waals surface area (Å²) in [6, 6.07) is 14.1. The van der Waals surface area contributed by atoms with Gasteiger partial charge in [-0.1, -0.05) is 23.8 Å². The predicted molar refractivity (Wildman–Crippen MR) is 190 cm³/mol. The highest BCUT2D eigenvalue weighted by Crippen LogP contribution is 2.21. The smallest absolute Gasteiger partial charge is 0.335 e. The van der Waals surface area contributed by atoms with Crippen molar-refractivity contribution in [3.63, 3.8) is 0 Å². The molecule has 0 atom stereocenters. The minimum atomic E-state index is -0.717. The van der Waals surface area contributed by atoms with Gasteiger partial charge in [0.1, 0.15) is 16.3 Å². The van der Waals surface area contributed by atoms with Crippen molar-refractivity contribution in [1.82, 2.24) is 10.4 Å². The number of carbonyl (C=O) groups is 4. The van der Waals surface area contributed by atoms with Crippen molar-refractivity contribution >= 4 is 69.2 Å². The Hall–Kier alpha value is -4.29. The van der Waals surface area contributed by atoms with Crippen molar-refractivity contribution in [3.05, 3.63) is 64.7 Å². The van der Waals surface area contributed by atoms with E-state index in [1.165, 1.54) is 0 Å². The molecule has 1 aliphatic heterocycles. The van der Waals surface area contributed by atoms with Gasteiger partial charge in [-0.3, -0.25) is 14.4 Å². The number of amides is 3. The molecular formula is C35H40ClN3O12S. The second kappa shape index (κ2) is 21.9. The first-order valence-electron chi connectivity index (χ1n) is 16.4. The van der Waals surface area contributed by atoms with Crippen LogP contribution in [0.5, 0.6) is 5.75 Å². The van der Waals surface area contributed by atoms with E-state index in [-0.39, 0.29) is 62.0 Å². The molecule has 17 heteroatoms. The number of hydrogen-bond donors (Lipinski definition) is 1. The molecule has 2 aromatic carbocycles. The molecule has 280 valence electrons. The van der Waals surface area contributed by atoms with Crippen LogP contribution in [0.15, 0.2) is 57.9 Å². The Labute approximate surface area is 310 Å². The maximum absolute atomic E-state index is 12.7. The molecule has 0 aliphatic carbocycles. The standard InChI is InChI=1S/C35H40ClN3O12S/c1-44-27-5-3-26(4-6-27)37-34-28(23-24-22-25(36)2-7-29(24)50-34)35(52)38-30(40)10-12-45-14-16-47-18-20-49-21-19-48-17-15-46-13-11-33(43)51-39-31(41)8-9-32(39)42/h2-7,22-23H,8-21H2,1H3,(H,38,40,52)/b37-34-. The number of hydroxylamine groups is 2. The van der Waals surface area contributed by atoms with E-state index in [1.807, 2.05) is 0 Å². The zero-order valence-electron chi connectivity index (χ0n) is 28.6. The fourth-order valence-electron chi connectivity index (χ4n) is 4.49. The van der Waals surface area contributed by atoms with Gasteiger partial charge in [0, 0.05) is 23.3 Å². The highest BCUT2D eigenvalue weighted by atomic mass is 35.5. The van der Waals surface area contributed by atoms with Gasteiger partial charge in [-0.05, 0) is 48.5 Å². The van der Waals surface area contributed by atoms with Gasteiger partial charge < -0.3 is 43.0 Å². The summed E-state index contributed by atoms with van der Waals surface area (Å²) in [5.41, 5.74) is 1.82. The first-order valence-corrected chi connectivity index (χ1v) is 17.2. The lowest BCUT2D eigenvalue weighted by atomic mass is 10.2. The Morgan fingerprint density at radius 2 is 1.37 bits per heavy atom. The number of benzene rings is 2. The van der Waals surface area contributed by atoms with Crippen LogP contribution in [0, 0.1) is 0 Å². The van der Waals surface area contributed by atoms with E-state index in [0.717, 1.165) is 0 Å². The van der Waals surface area contributed by atoms with Gasteiger partial charge in [-0.2, -0.15) is 0 Å². The summed E-state index contributed by atoms with van der Waals surface area (Å²) >= 11 is 11.7. The van der Waals surface area contributed by atoms with Crippen molar-refractivity contribution < 1.29 is 56.9 Å². The third-order valence-corrected chi connectivity index (χ3v) is 7.68. The molecule has 0 bridgehead atoms. The fourth-order valence-corrected chi connectivity index (χ4v) is 4.93. The summed E-state index contributed by atoms with van der Waals surface area (Å²) in [6.45, 7) is 2.85. The Morgan fingerprint density at radius 1 is 0.808 bits per heavy atom.